The van der Waals surface area contributed by atoms with Crippen LogP contribution in [0.4, 0.5) is 0 Å². The van der Waals surface area contributed by atoms with E-state index in [4.69, 9.17) is 9.47 Å². The van der Waals surface area contributed by atoms with Gasteiger partial charge in [-0.05, 0) is 76.0 Å². The van der Waals surface area contributed by atoms with E-state index in [1.807, 2.05) is 0 Å². The second-order valence-corrected chi connectivity index (χ2v) is 7.84. The van der Waals surface area contributed by atoms with Crippen molar-refractivity contribution >= 4 is 11.9 Å². The Hall–Kier alpha value is -1.32. The van der Waals surface area contributed by atoms with Crippen LogP contribution >= 0.6 is 0 Å². The minimum absolute atomic E-state index is 0.237. The lowest BCUT2D eigenvalue weighted by Gasteiger charge is -2.26. The van der Waals surface area contributed by atoms with E-state index in [-0.39, 0.29) is 11.2 Å². The molecule has 22 heavy (non-hydrogen) atoms. The topological polar surface area (TPSA) is 52.6 Å². The summed E-state index contributed by atoms with van der Waals surface area (Å²) < 4.78 is 11.3. The summed E-state index contributed by atoms with van der Waals surface area (Å²) >= 11 is 0. The molecule has 4 nitrogen and oxygen atoms in total. The maximum absolute atomic E-state index is 12.0. The summed E-state index contributed by atoms with van der Waals surface area (Å²) in [6.45, 7) is 0. The van der Waals surface area contributed by atoms with Crippen LogP contribution < -0.4 is 0 Å². The minimum atomic E-state index is -0.396. The Balaban J connectivity index is 1.30. The molecule has 0 radical (unpaired) electrons. The van der Waals surface area contributed by atoms with E-state index >= 15 is 0 Å². The van der Waals surface area contributed by atoms with Crippen LogP contribution in [-0.2, 0) is 19.1 Å². The van der Waals surface area contributed by atoms with E-state index in [2.05, 4.69) is 0 Å². The van der Waals surface area contributed by atoms with Crippen LogP contribution in [0.25, 0.3) is 0 Å². The zero-order valence-electron chi connectivity index (χ0n) is 13.0. The number of rotatable bonds is 4. The lowest BCUT2D eigenvalue weighted by atomic mass is 9.97. The van der Waals surface area contributed by atoms with Crippen molar-refractivity contribution in [1.82, 2.24) is 0 Å². The fraction of sp³-hybridized carbons (Fsp3) is 0.778. The summed E-state index contributed by atoms with van der Waals surface area (Å²) in [6, 6.07) is 0. The van der Waals surface area contributed by atoms with Crippen LogP contribution in [0.15, 0.2) is 12.2 Å². The number of esters is 2. The molecule has 4 saturated carbocycles. The fourth-order valence-electron chi connectivity index (χ4n) is 5.19. The van der Waals surface area contributed by atoms with E-state index in [1.165, 1.54) is 37.8 Å². The number of hydrogen-bond acceptors (Lipinski definition) is 4. The van der Waals surface area contributed by atoms with Crippen molar-refractivity contribution in [1.29, 1.82) is 0 Å². The van der Waals surface area contributed by atoms with Gasteiger partial charge in [-0.25, -0.2) is 9.59 Å². The quantitative estimate of drug-likeness (QED) is 0.591. The third kappa shape index (κ3) is 2.57. The van der Waals surface area contributed by atoms with Crippen LogP contribution in [-0.4, -0.2) is 23.1 Å². The smallest absolute Gasteiger partial charge is 0.331 e. The zero-order chi connectivity index (χ0) is 15.2. The Labute approximate surface area is 131 Å². The Kier molecular flexibility index (Phi) is 3.31. The SMILES string of the molecule is O=C(/C=C/C(=O)OC12CCC(CC1)C2)OC12CCC(CC1)C2. The van der Waals surface area contributed by atoms with Crippen molar-refractivity contribution in [3.8, 4) is 0 Å². The Bertz CT molecular complexity index is 459. The normalized spacial score (nSPS) is 42.2. The number of hydrogen-bond donors (Lipinski definition) is 0. The first kappa shape index (κ1) is 14.3. The molecule has 4 fully saturated rings. The first-order chi connectivity index (χ1) is 10.6. The van der Waals surface area contributed by atoms with Crippen molar-refractivity contribution < 1.29 is 19.1 Å². The third-order valence-corrected chi connectivity index (χ3v) is 6.34. The lowest BCUT2D eigenvalue weighted by molar-refractivity contribution is -0.155. The summed E-state index contributed by atoms with van der Waals surface area (Å²) in [5, 5.41) is 0. The van der Waals surface area contributed by atoms with Crippen LogP contribution in [0.5, 0.6) is 0 Å². The largest absolute Gasteiger partial charge is 0.456 e. The molecular formula is C18H24O4. The molecule has 0 spiro atoms. The lowest BCUT2D eigenvalue weighted by Crippen LogP contribution is -2.30. The van der Waals surface area contributed by atoms with Crippen LogP contribution in [0.2, 0.25) is 0 Å². The van der Waals surface area contributed by atoms with Crippen LogP contribution in [0, 0.1) is 11.8 Å². The highest BCUT2D eigenvalue weighted by molar-refractivity contribution is 5.92. The molecule has 0 amide bonds. The number of carbonyl (C=O) groups is 2. The monoisotopic (exact) mass is 304 g/mol. The van der Waals surface area contributed by atoms with Gasteiger partial charge in [0.1, 0.15) is 11.2 Å². The average molecular weight is 304 g/mol. The molecule has 0 saturated heterocycles. The molecule has 0 atom stereocenters. The first-order valence-electron chi connectivity index (χ1n) is 8.71. The summed E-state index contributed by atoms with van der Waals surface area (Å²) in [5.41, 5.74) is -0.475. The van der Waals surface area contributed by atoms with E-state index in [0.717, 1.165) is 50.4 Å². The molecular weight excluding hydrogens is 280 g/mol. The van der Waals surface area contributed by atoms with Gasteiger partial charge in [-0.1, -0.05) is 0 Å². The Morgan fingerprint density at radius 3 is 1.36 bits per heavy atom. The number of fused-ring (bicyclic) bond motifs is 4. The predicted octanol–water partition coefficient (Wildman–Crippen LogP) is 3.29. The molecule has 0 heterocycles. The van der Waals surface area contributed by atoms with Gasteiger partial charge in [-0.15, -0.1) is 0 Å². The van der Waals surface area contributed by atoms with Gasteiger partial charge in [0.2, 0.25) is 0 Å². The highest BCUT2D eigenvalue weighted by Crippen LogP contribution is 2.50. The maximum Gasteiger partial charge on any atom is 0.331 e. The van der Waals surface area contributed by atoms with Gasteiger partial charge in [0.15, 0.2) is 0 Å². The van der Waals surface area contributed by atoms with E-state index in [1.54, 1.807) is 0 Å². The van der Waals surface area contributed by atoms with E-state index < -0.39 is 11.9 Å². The van der Waals surface area contributed by atoms with Gasteiger partial charge in [-0.2, -0.15) is 0 Å². The summed E-state index contributed by atoms with van der Waals surface area (Å²) in [4.78, 5) is 23.9. The van der Waals surface area contributed by atoms with E-state index in [0.29, 0.717) is 0 Å². The van der Waals surface area contributed by atoms with Crippen LogP contribution in [0.1, 0.15) is 64.2 Å². The van der Waals surface area contributed by atoms with Gasteiger partial charge in [0, 0.05) is 12.2 Å². The van der Waals surface area contributed by atoms with E-state index in [9.17, 15) is 9.59 Å². The molecule has 0 unspecified atom stereocenters. The molecule has 0 aromatic carbocycles. The maximum atomic E-state index is 12.0. The molecule has 0 aromatic rings. The van der Waals surface area contributed by atoms with Crippen molar-refractivity contribution in [2.75, 3.05) is 0 Å². The van der Waals surface area contributed by atoms with Gasteiger partial charge in [0.05, 0.1) is 0 Å². The summed E-state index contributed by atoms with van der Waals surface area (Å²) in [6.07, 6.45) is 13.1. The van der Waals surface area contributed by atoms with Gasteiger partial charge < -0.3 is 9.47 Å². The summed E-state index contributed by atoms with van der Waals surface area (Å²) in [7, 11) is 0. The van der Waals surface area contributed by atoms with Crippen molar-refractivity contribution in [2.24, 2.45) is 11.8 Å². The average Bonchev–Trinajstić information content (AvgIpc) is 3.24. The third-order valence-electron chi connectivity index (χ3n) is 6.34. The molecule has 120 valence electrons. The molecule has 4 bridgehead atoms. The Morgan fingerprint density at radius 1 is 0.727 bits per heavy atom. The summed E-state index contributed by atoms with van der Waals surface area (Å²) in [5.74, 6) is 0.678. The molecule has 4 aliphatic carbocycles. The van der Waals surface area contributed by atoms with Crippen molar-refractivity contribution in [3.63, 3.8) is 0 Å². The second-order valence-electron chi connectivity index (χ2n) is 7.84. The first-order valence-corrected chi connectivity index (χ1v) is 8.71. The van der Waals surface area contributed by atoms with Gasteiger partial charge in [-0.3, -0.25) is 0 Å². The molecule has 0 aliphatic heterocycles. The number of ether oxygens (including phenoxy) is 2. The standard InChI is InChI=1S/C18H24O4/c19-15(21-17-7-3-13(11-17)4-8-17)1-2-16(20)22-18-9-5-14(12-18)6-10-18/h1-2,13-14H,3-12H2/b2-1+. The van der Waals surface area contributed by atoms with Crippen molar-refractivity contribution in [2.45, 2.75) is 75.4 Å². The zero-order valence-corrected chi connectivity index (χ0v) is 13.0. The minimum Gasteiger partial charge on any atom is -0.456 e. The molecule has 4 rings (SSSR count). The molecule has 4 aliphatic rings. The fourth-order valence-corrected chi connectivity index (χ4v) is 5.19. The van der Waals surface area contributed by atoms with Crippen LogP contribution in [0.3, 0.4) is 0 Å². The second kappa shape index (κ2) is 5.10. The predicted molar refractivity (Wildman–Crippen MR) is 79.9 cm³/mol. The highest BCUT2D eigenvalue weighted by Gasteiger charge is 2.48. The number of carbonyl (C=O) groups excluding carboxylic acids is 2. The van der Waals surface area contributed by atoms with Gasteiger partial charge >= 0.3 is 11.9 Å². The van der Waals surface area contributed by atoms with Crippen molar-refractivity contribution in [3.05, 3.63) is 12.2 Å². The highest BCUT2D eigenvalue weighted by atomic mass is 16.6. The molecule has 4 heteroatoms. The molecule has 0 aromatic heterocycles. The van der Waals surface area contributed by atoms with Gasteiger partial charge in [0.25, 0.3) is 0 Å². The molecule has 0 N–H and O–H groups in total. The Morgan fingerprint density at radius 2 is 1.09 bits per heavy atom.